The monoisotopic (exact) mass is 215 g/mol. The van der Waals surface area contributed by atoms with E-state index in [9.17, 15) is 0 Å². The highest BCUT2D eigenvalue weighted by atomic mass is 16.7. The van der Waals surface area contributed by atoms with Crippen LogP contribution in [0.15, 0.2) is 29.4 Å². The number of nitrogens with zero attached hydrogens (tertiary/aromatic N) is 1. The Morgan fingerprint density at radius 2 is 2.12 bits per heavy atom. The smallest absolute Gasteiger partial charge is 0.171 e. The van der Waals surface area contributed by atoms with E-state index in [2.05, 4.69) is 36.3 Å². The van der Waals surface area contributed by atoms with Gasteiger partial charge in [0.15, 0.2) is 6.10 Å². The van der Waals surface area contributed by atoms with E-state index >= 15 is 0 Å². The lowest BCUT2D eigenvalue weighted by Crippen LogP contribution is -2.38. The van der Waals surface area contributed by atoms with Gasteiger partial charge in [0, 0.05) is 0 Å². The van der Waals surface area contributed by atoms with Crippen LogP contribution in [-0.4, -0.2) is 11.8 Å². The Morgan fingerprint density at radius 1 is 1.31 bits per heavy atom. The molecule has 3 aliphatic rings. The average molecular weight is 215 g/mol. The summed E-state index contributed by atoms with van der Waals surface area (Å²) < 4.78 is 6.16. The third-order valence-electron chi connectivity index (χ3n) is 4.16. The topological polar surface area (TPSA) is 30.8 Å². The summed E-state index contributed by atoms with van der Waals surface area (Å²) in [6.45, 7) is 4.14. The summed E-state index contributed by atoms with van der Waals surface area (Å²) in [7, 11) is 0. The summed E-state index contributed by atoms with van der Waals surface area (Å²) in [5.41, 5.74) is 3.33. The Hall–Kier alpha value is -1.35. The first-order chi connectivity index (χ1) is 7.72. The molecule has 82 valence electrons. The Labute approximate surface area is 94.0 Å². The predicted octanol–water partition coefficient (Wildman–Crippen LogP) is 2.38. The van der Waals surface area contributed by atoms with E-state index in [0.29, 0.717) is 5.92 Å². The lowest BCUT2D eigenvalue weighted by atomic mass is 9.74. The Morgan fingerprint density at radius 3 is 3.00 bits per heavy atom. The van der Waals surface area contributed by atoms with Crippen molar-refractivity contribution in [3.8, 4) is 0 Å². The molecule has 4 rings (SSSR count). The zero-order valence-corrected chi connectivity index (χ0v) is 9.31. The van der Waals surface area contributed by atoms with Crippen molar-refractivity contribution in [2.75, 3.05) is 0 Å². The van der Waals surface area contributed by atoms with Gasteiger partial charge in [0.1, 0.15) is 5.60 Å². The molecule has 4 atom stereocenters. The van der Waals surface area contributed by atoms with Crippen LogP contribution in [0.2, 0.25) is 0 Å². The molecule has 0 unspecified atom stereocenters. The lowest BCUT2D eigenvalue weighted by Gasteiger charge is -2.28. The van der Waals surface area contributed by atoms with Gasteiger partial charge in [-0.1, -0.05) is 29.4 Å². The predicted molar refractivity (Wildman–Crippen MR) is 59.1 cm³/mol. The molecule has 1 saturated heterocycles. The number of fused-ring (bicyclic) bond motifs is 8. The molecule has 1 aromatic carbocycles. The van der Waals surface area contributed by atoms with Gasteiger partial charge in [0.25, 0.3) is 0 Å². The van der Waals surface area contributed by atoms with Crippen molar-refractivity contribution in [1.29, 1.82) is 0 Å². The maximum atomic E-state index is 6.16. The summed E-state index contributed by atoms with van der Waals surface area (Å²) in [5.74, 6) is 0.305. The highest BCUT2D eigenvalue weighted by molar-refractivity contribution is 5.87. The fraction of sp³-hybridized carbons (Fsp3) is 0.462. The minimum absolute atomic E-state index is 0.0624. The van der Waals surface area contributed by atoms with E-state index in [1.165, 1.54) is 11.1 Å². The summed E-state index contributed by atoms with van der Waals surface area (Å²) in [4.78, 5) is 5.55. The standard InChI is InChI=1S/C13H13NO2/c1-7-10-11-8-5-3-4-6-9(8)13(2,15-11)12(10)16-14-7/h3-6,10-12H,1-2H3/t10-,11-,12-,13+/m0/s1. The van der Waals surface area contributed by atoms with Gasteiger partial charge < -0.3 is 9.57 Å². The van der Waals surface area contributed by atoms with Gasteiger partial charge in [-0.2, -0.15) is 0 Å². The fourth-order valence-corrected chi connectivity index (χ4v) is 3.38. The first-order valence-electron chi connectivity index (χ1n) is 5.69. The minimum Gasteiger partial charge on any atom is -0.388 e. The Kier molecular flexibility index (Phi) is 1.36. The molecular formula is C13H13NO2. The van der Waals surface area contributed by atoms with E-state index in [4.69, 9.17) is 9.57 Å². The van der Waals surface area contributed by atoms with Crippen molar-refractivity contribution in [2.45, 2.75) is 31.7 Å². The van der Waals surface area contributed by atoms with Crippen molar-refractivity contribution in [3.05, 3.63) is 35.4 Å². The van der Waals surface area contributed by atoms with Gasteiger partial charge in [-0.05, 0) is 25.0 Å². The first-order valence-corrected chi connectivity index (χ1v) is 5.69. The zero-order valence-electron chi connectivity index (χ0n) is 9.31. The van der Waals surface area contributed by atoms with Crippen LogP contribution in [-0.2, 0) is 15.2 Å². The molecule has 0 N–H and O–H groups in total. The Balaban J connectivity index is 1.95. The highest BCUT2D eigenvalue weighted by Gasteiger charge is 2.64. The number of hydrogen-bond donors (Lipinski definition) is 0. The van der Waals surface area contributed by atoms with E-state index in [-0.39, 0.29) is 17.8 Å². The largest absolute Gasteiger partial charge is 0.388 e. The summed E-state index contributed by atoms with van der Waals surface area (Å²) >= 11 is 0. The number of oxime groups is 1. The fourth-order valence-electron chi connectivity index (χ4n) is 3.38. The van der Waals surface area contributed by atoms with Crippen molar-refractivity contribution >= 4 is 5.71 Å². The van der Waals surface area contributed by atoms with Crippen LogP contribution in [0.25, 0.3) is 0 Å². The van der Waals surface area contributed by atoms with Gasteiger partial charge in [0.05, 0.1) is 17.7 Å². The van der Waals surface area contributed by atoms with Crippen LogP contribution >= 0.6 is 0 Å². The Bertz CT molecular complexity index is 510. The maximum absolute atomic E-state index is 6.16. The molecule has 0 aliphatic carbocycles. The van der Waals surface area contributed by atoms with Crippen molar-refractivity contribution in [1.82, 2.24) is 0 Å². The molecule has 0 amide bonds. The third-order valence-corrected chi connectivity index (χ3v) is 4.16. The van der Waals surface area contributed by atoms with E-state index in [0.717, 1.165) is 5.71 Å². The molecule has 0 saturated carbocycles. The van der Waals surface area contributed by atoms with Gasteiger partial charge >= 0.3 is 0 Å². The molecule has 3 aliphatic heterocycles. The average Bonchev–Trinajstić information content (AvgIpc) is 2.89. The van der Waals surface area contributed by atoms with E-state index < -0.39 is 0 Å². The van der Waals surface area contributed by atoms with Crippen LogP contribution < -0.4 is 0 Å². The number of rotatable bonds is 0. The normalized spacial score (nSPS) is 42.6. The van der Waals surface area contributed by atoms with E-state index in [1.54, 1.807) is 0 Å². The summed E-state index contributed by atoms with van der Waals surface area (Å²) in [5, 5.41) is 4.13. The maximum Gasteiger partial charge on any atom is 0.171 e. The molecule has 0 spiro atoms. The first kappa shape index (κ1) is 8.76. The van der Waals surface area contributed by atoms with Gasteiger partial charge in [-0.25, -0.2) is 0 Å². The molecule has 1 fully saturated rings. The molecule has 3 nitrogen and oxygen atoms in total. The van der Waals surface area contributed by atoms with Crippen molar-refractivity contribution in [2.24, 2.45) is 11.1 Å². The second-order valence-corrected chi connectivity index (χ2v) is 5.02. The number of benzene rings is 1. The summed E-state index contributed by atoms with van der Waals surface area (Å²) in [6.07, 6.45) is 0.199. The van der Waals surface area contributed by atoms with Crippen LogP contribution in [0.5, 0.6) is 0 Å². The van der Waals surface area contributed by atoms with Crippen LogP contribution in [0.1, 0.15) is 31.1 Å². The molecule has 0 radical (unpaired) electrons. The quantitative estimate of drug-likeness (QED) is 0.665. The zero-order chi connectivity index (χ0) is 10.9. The highest BCUT2D eigenvalue weighted by Crippen LogP contribution is 2.60. The third kappa shape index (κ3) is 0.756. The van der Waals surface area contributed by atoms with Crippen LogP contribution in [0, 0.1) is 5.92 Å². The molecule has 3 heterocycles. The van der Waals surface area contributed by atoms with Crippen LogP contribution in [0.3, 0.4) is 0 Å². The number of ether oxygens (including phenoxy) is 1. The van der Waals surface area contributed by atoms with Crippen molar-refractivity contribution < 1.29 is 9.57 Å². The van der Waals surface area contributed by atoms with Crippen molar-refractivity contribution in [3.63, 3.8) is 0 Å². The minimum atomic E-state index is -0.312. The van der Waals surface area contributed by atoms with Gasteiger partial charge in [-0.3, -0.25) is 0 Å². The molecular weight excluding hydrogens is 202 g/mol. The summed E-state index contributed by atoms with van der Waals surface area (Å²) in [6, 6.07) is 8.44. The lowest BCUT2D eigenvalue weighted by molar-refractivity contribution is -0.0793. The van der Waals surface area contributed by atoms with Crippen LogP contribution in [0.4, 0.5) is 0 Å². The second kappa shape index (κ2) is 2.48. The molecule has 1 aromatic rings. The van der Waals surface area contributed by atoms with E-state index in [1.807, 2.05) is 6.92 Å². The molecule has 16 heavy (non-hydrogen) atoms. The number of hydrogen-bond acceptors (Lipinski definition) is 3. The molecule has 2 bridgehead atoms. The second-order valence-electron chi connectivity index (χ2n) is 5.02. The molecule has 3 heteroatoms. The molecule has 0 aromatic heterocycles. The van der Waals surface area contributed by atoms with Gasteiger partial charge in [-0.15, -0.1) is 0 Å². The SMILES string of the molecule is CC1=NO[C@H]2[C@@H]1[C@H]1O[C@]2(C)c2ccccc21. The van der Waals surface area contributed by atoms with Gasteiger partial charge in [0.2, 0.25) is 0 Å².